The highest BCUT2D eigenvalue weighted by atomic mass is 32.1. The zero-order valence-corrected chi connectivity index (χ0v) is 34.4. The third kappa shape index (κ3) is 5.83. The van der Waals surface area contributed by atoms with Crippen molar-refractivity contribution in [2.45, 2.75) is 5.41 Å². The second kappa shape index (κ2) is 14.7. The van der Waals surface area contributed by atoms with Crippen LogP contribution in [0.25, 0.3) is 87.7 Å². The van der Waals surface area contributed by atoms with E-state index in [4.69, 9.17) is 15.0 Å². The average Bonchev–Trinajstić information content (AvgIpc) is 3.88. The monoisotopic (exact) mass is 807 g/mol. The van der Waals surface area contributed by atoms with Gasteiger partial charge in [0.15, 0.2) is 17.5 Å². The van der Waals surface area contributed by atoms with Crippen molar-refractivity contribution in [2.24, 2.45) is 0 Å². The first-order valence-electron chi connectivity index (χ1n) is 21.0. The molecule has 12 rings (SSSR count). The normalized spacial score (nSPS) is 12.6. The van der Waals surface area contributed by atoms with Gasteiger partial charge in [0.25, 0.3) is 0 Å². The molecule has 2 aromatic heterocycles. The van der Waals surface area contributed by atoms with E-state index in [1.54, 1.807) is 0 Å². The summed E-state index contributed by atoms with van der Waals surface area (Å²) in [6.45, 7) is 0. The van der Waals surface area contributed by atoms with Crippen LogP contribution < -0.4 is 0 Å². The summed E-state index contributed by atoms with van der Waals surface area (Å²) in [5, 5.41) is 2.34. The van der Waals surface area contributed by atoms with Gasteiger partial charge < -0.3 is 0 Å². The summed E-state index contributed by atoms with van der Waals surface area (Å²) >= 11 is 1.83. The van der Waals surface area contributed by atoms with Crippen molar-refractivity contribution in [3.05, 3.63) is 247 Å². The number of fused-ring (bicyclic) bond motifs is 6. The number of rotatable bonds is 7. The molecule has 0 bridgehead atoms. The number of nitrogens with zero attached hydrogens (tertiary/aromatic N) is 3. The topological polar surface area (TPSA) is 38.7 Å². The van der Waals surface area contributed by atoms with E-state index in [2.05, 4.69) is 212 Å². The molecule has 0 aliphatic heterocycles. The van der Waals surface area contributed by atoms with Gasteiger partial charge in [-0.05, 0) is 79.9 Å². The van der Waals surface area contributed by atoms with Gasteiger partial charge >= 0.3 is 0 Å². The molecule has 9 aromatic carbocycles. The molecule has 0 saturated heterocycles. The molecule has 0 saturated carbocycles. The van der Waals surface area contributed by atoms with Crippen LogP contribution in [0.2, 0.25) is 0 Å². The number of thiophene rings is 1. The number of hydrogen-bond donors (Lipinski definition) is 0. The highest BCUT2D eigenvalue weighted by Gasteiger charge is 2.46. The lowest BCUT2D eigenvalue weighted by Gasteiger charge is -2.33. The molecule has 2 heterocycles. The predicted molar refractivity (Wildman–Crippen MR) is 257 cm³/mol. The highest BCUT2D eigenvalue weighted by Crippen LogP contribution is 2.56. The van der Waals surface area contributed by atoms with Crippen LogP contribution in [0.3, 0.4) is 0 Å². The van der Waals surface area contributed by atoms with Crippen molar-refractivity contribution in [1.29, 1.82) is 0 Å². The summed E-state index contributed by atoms with van der Waals surface area (Å²) in [6.07, 6.45) is 0. The Hall–Kier alpha value is -7.79. The number of aromatic nitrogens is 3. The van der Waals surface area contributed by atoms with E-state index in [0.717, 1.165) is 44.3 Å². The Morgan fingerprint density at radius 2 is 0.774 bits per heavy atom. The number of hydrogen-bond acceptors (Lipinski definition) is 4. The van der Waals surface area contributed by atoms with Crippen molar-refractivity contribution in [2.75, 3.05) is 0 Å². The van der Waals surface area contributed by atoms with Crippen LogP contribution in [-0.4, -0.2) is 15.0 Å². The Labute approximate surface area is 364 Å². The van der Waals surface area contributed by atoms with Crippen LogP contribution in [0.4, 0.5) is 0 Å². The standard InChI is InChI=1S/C58H37N3S/c1-4-17-38(18-5-1)40-21-14-23-42(35-40)55-59-56(43-24-15-22-41(36-43)39-19-6-2-7-20-39)61-57(60-55)49-29-16-32-52-54(49)48-34-33-45(37-53(48)62-52)58(44-25-8-3-9-26-44)50-30-12-10-27-46(50)47-28-11-13-31-51(47)58/h1-37H. The molecule has 3 nitrogen and oxygen atoms in total. The molecule has 0 fully saturated rings. The summed E-state index contributed by atoms with van der Waals surface area (Å²) in [5.74, 6) is 1.92. The van der Waals surface area contributed by atoms with Crippen LogP contribution in [-0.2, 0) is 5.41 Å². The average molecular weight is 808 g/mol. The van der Waals surface area contributed by atoms with Crippen LogP contribution >= 0.6 is 11.3 Å². The molecule has 62 heavy (non-hydrogen) atoms. The first kappa shape index (κ1) is 36.1. The molecule has 0 spiro atoms. The van der Waals surface area contributed by atoms with Crippen LogP contribution in [0.1, 0.15) is 22.3 Å². The SMILES string of the molecule is c1ccc(-c2cccc(-c3nc(-c4cccc(-c5ccccc5)c4)nc(-c4cccc5sc6cc(C7(c8ccccc8)c8ccccc8-c8ccccc87)ccc6c45)n3)c2)cc1. The van der Waals surface area contributed by atoms with Gasteiger partial charge in [-0.3, -0.25) is 0 Å². The summed E-state index contributed by atoms with van der Waals surface area (Å²) < 4.78 is 2.42. The van der Waals surface area contributed by atoms with Crippen molar-refractivity contribution in [3.8, 4) is 67.5 Å². The molecular formula is C58H37N3S. The van der Waals surface area contributed by atoms with E-state index in [0.29, 0.717) is 17.5 Å². The molecular weight excluding hydrogens is 771 g/mol. The molecule has 290 valence electrons. The van der Waals surface area contributed by atoms with Gasteiger partial charge in [0, 0.05) is 36.9 Å². The molecule has 11 aromatic rings. The zero-order valence-electron chi connectivity index (χ0n) is 33.6. The third-order valence-electron chi connectivity index (χ3n) is 12.4. The van der Waals surface area contributed by atoms with E-state index >= 15 is 0 Å². The Bertz CT molecular complexity index is 3320. The third-order valence-corrected chi connectivity index (χ3v) is 13.5. The second-order valence-electron chi connectivity index (χ2n) is 15.9. The smallest absolute Gasteiger partial charge is 0.164 e. The Balaban J connectivity index is 1.06. The fourth-order valence-corrected chi connectivity index (χ4v) is 10.8. The molecule has 0 atom stereocenters. The van der Waals surface area contributed by atoms with Crippen LogP contribution in [0, 0.1) is 0 Å². The molecule has 1 aliphatic carbocycles. The second-order valence-corrected chi connectivity index (χ2v) is 17.0. The van der Waals surface area contributed by atoms with Gasteiger partial charge in [0.05, 0.1) is 5.41 Å². The number of benzene rings is 9. The summed E-state index contributed by atoms with van der Waals surface area (Å²) in [4.78, 5) is 15.8. The van der Waals surface area contributed by atoms with Gasteiger partial charge in [-0.2, -0.15) is 0 Å². The first-order chi connectivity index (χ1) is 30.7. The van der Waals surface area contributed by atoms with Crippen molar-refractivity contribution < 1.29 is 0 Å². The van der Waals surface area contributed by atoms with Crippen molar-refractivity contribution >= 4 is 31.5 Å². The minimum Gasteiger partial charge on any atom is -0.208 e. The fraction of sp³-hybridized carbons (Fsp3) is 0.0172. The largest absolute Gasteiger partial charge is 0.208 e. The summed E-state index contributed by atoms with van der Waals surface area (Å²) in [6, 6.07) is 80.5. The summed E-state index contributed by atoms with van der Waals surface area (Å²) in [7, 11) is 0. The molecule has 1 aliphatic rings. The quantitative estimate of drug-likeness (QED) is 0.161. The molecule has 0 unspecified atom stereocenters. The van der Waals surface area contributed by atoms with Crippen LogP contribution in [0.5, 0.6) is 0 Å². The van der Waals surface area contributed by atoms with E-state index in [1.807, 2.05) is 23.5 Å². The van der Waals surface area contributed by atoms with Gasteiger partial charge in [-0.25, -0.2) is 15.0 Å². The highest BCUT2D eigenvalue weighted by molar-refractivity contribution is 7.26. The molecule has 0 radical (unpaired) electrons. The maximum absolute atomic E-state index is 5.32. The fourth-order valence-electron chi connectivity index (χ4n) is 9.65. The maximum atomic E-state index is 5.32. The Kier molecular flexibility index (Phi) is 8.58. The van der Waals surface area contributed by atoms with Crippen molar-refractivity contribution in [3.63, 3.8) is 0 Å². The van der Waals surface area contributed by atoms with Gasteiger partial charge in [0.2, 0.25) is 0 Å². The van der Waals surface area contributed by atoms with E-state index < -0.39 is 5.41 Å². The predicted octanol–water partition coefficient (Wildman–Crippen LogP) is 14.9. The van der Waals surface area contributed by atoms with Crippen molar-refractivity contribution in [1.82, 2.24) is 15.0 Å². The van der Waals surface area contributed by atoms with Crippen LogP contribution in [0.15, 0.2) is 224 Å². The lowest BCUT2D eigenvalue weighted by atomic mass is 9.67. The molecule has 0 amide bonds. The van der Waals surface area contributed by atoms with E-state index in [9.17, 15) is 0 Å². The first-order valence-corrected chi connectivity index (χ1v) is 21.8. The summed E-state index contributed by atoms with van der Waals surface area (Å²) in [5.41, 5.74) is 14.6. The minimum absolute atomic E-state index is 0.470. The Morgan fingerprint density at radius 1 is 0.306 bits per heavy atom. The van der Waals surface area contributed by atoms with E-state index in [1.165, 1.54) is 48.2 Å². The zero-order chi connectivity index (χ0) is 41.0. The Morgan fingerprint density at radius 3 is 1.37 bits per heavy atom. The van der Waals surface area contributed by atoms with E-state index in [-0.39, 0.29) is 0 Å². The molecule has 0 N–H and O–H groups in total. The lowest BCUT2D eigenvalue weighted by molar-refractivity contribution is 0.770. The van der Waals surface area contributed by atoms with Gasteiger partial charge in [0.1, 0.15) is 0 Å². The van der Waals surface area contributed by atoms with Gasteiger partial charge in [-0.1, -0.05) is 200 Å². The molecule has 4 heteroatoms. The lowest BCUT2D eigenvalue weighted by Crippen LogP contribution is -2.28. The maximum Gasteiger partial charge on any atom is 0.164 e. The van der Waals surface area contributed by atoms with Gasteiger partial charge in [-0.15, -0.1) is 11.3 Å². The minimum atomic E-state index is -0.470.